The van der Waals surface area contributed by atoms with E-state index in [4.69, 9.17) is 16.3 Å². The monoisotopic (exact) mass is 247 g/mol. The van der Waals surface area contributed by atoms with E-state index in [0.717, 1.165) is 12.8 Å². The molecule has 0 aromatic carbocycles. The topological polar surface area (TPSA) is 38.3 Å². The number of carbonyl (C=O) groups is 1. The number of rotatable bonds is 5. The molecule has 16 heavy (non-hydrogen) atoms. The van der Waals surface area contributed by atoms with Crippen LogP contribution in [0, 0.1) is 11.8 Å². The number of hydrogen-bond donors (Lipinski definition) is 1. The third kappa shape index (κ3) is 3.95. The Morgan fingerprint density at radius 1 is 1.56 bits per heavy atom. The fourth-order valence-corrected chi connectivity index (χ4v) is 2.23. The SMILES string of the molecule is CC1CC(C(=O)NC(CCCl)C(C)C)CO1. The Morgan fingerprint density at radius 3 is 2.69 bits per heavy atom. The molecule has 0 spiro atoms. The van der Waals surface area contributed by atoms with Crippen molar-refractivity contribution in [3.05, 3.63) is 0 Å². The van der Waals surface area contributed by atoms with Gasteiger partial charge in [0.2, 0.25) is 5.91 Å². The molecule has 0 aromatic rings. The maximum atomic E-state index is 11.9. The first kappa shape index (κ1) is 13.8. The lowest BCUT2D eigenvalue weighted by molar-refractivity contribution is -0.126. The van der Waals surface area contributed by atoms with Gasteiger partial charge in [0.25, 0.3) is 0 Å². The molecule has 1 rings (SSSR count). The molecule has 94 valence electrons. The Balaban J connectivity index is 2.42. The van der Waals surface area contributed by atoms with Gasteiger partial charge in [0, 0.05) is 11.9 Å². The second-order valence-electron chi connectivity index (χ2n) is 4.91. The third-order valence-electron chi connectivity index (χ3n) is 3.12. The molecule has 0 aliphatic carbocycles. The molecule has 0 saturated carbocycles. The first-order valence-corrected chi connectivity index (χ1v) is 6.56. The summed E-state index contributed by atoms with van der Waals surface area (Å²) in [6, 6.07) is 0.181. The van der Waals surface area contributed by atoms with Gasteiger partial charge in [-0.2, -0.15) is 0 Å². The quantitative estimate of drug-likeness (QED) is 0.757. The highest BCUT2D eigenvalue weighted by atomic mass is 35.5. The average molecular weight is 248 g/mol. The van der Waals surface area contributed by atoms with Gasteiger partial charge in [-0.05, 0) is 25.7 Å². The van der Waals surface area contributed by atoms with Crippen molar-refractivity contribution in [2.45, 2.75) is 45.8 Å². The highest BCUT2D eigenvalue weighted by Gasteiger charge is 2.29. The number of amides is 1. The van der Waals surface area contributed by atoms with Crippen molar-refractivity contribution in [2.75, 3.05) is 12.5 Å². The number of carbonyl (C=O) groups excluding carboxylic acids is 1. The fourth-order valence-electron chi connectivity index (χ4n) is 1.99. The zero-order valence-electron chi connectivity index (χ0n) is 10.3. The second kappa shape index (κ2) is 6.45. The van der Waals surface area contributed by atoms with Gasteiger partial charge in [0.1, 0.15) is 0 Å². The van der Waals surface area contributed by atoms with Gasteiger partial charge in [-0.1, -0.05) is 13.8 Å². The summed E-state index contributed by atoms with van der Waals surface area (Å²) in [4.78, 5) is 11.9. The van der Waals surface area contributed by atoms with E-state index in [-0.39, 0.29) is 24.0 Å². The van der Waals surface area contributed by atoms with Crippen molar-refractivity contribution in [1.29, 1.82) is 0 Å². The Morgan fingerprint density at radius 2 is 2.25 bits per heavy atom. The van der Waals surface area contributed by atoms with E-state index < -0.39 is 0 Å². The number of ether oxygens (including phenoxy) is 1. The number of hydrogen-bond acceptors (Lipinski definition) is 2. The van der Waals surface area contributed by atoms with E-state index >= 15 is 0 Å². The normalized spacial score (nSPS) is 27.1. The maximum absolute atomic E-state index is 11.9. The predicted octanol–water partition coefficient (Wildman–Crippen LogP) is 2.18. The van der Waals surface area contributed by atoms with E-state index in [1.54, 1.807) is 0 Å². The number of nitrogens with one attached hydrogen (secondary N) is 1. The summed E-state index contributed by atoms with van der Waals surface area (Å²) < 4.78 is 5.40. The van der Waals surface area contributed by atoms with Crippen LogP contribution in [0.5, 0.6) is 0 Å². The van der Waals surface area contributed by atoms with Gasteiger partial charge in [-0.15, -0.1) is 11.6 Å². The minimum Gasteiger partial charge on any atom is -0.378 e. The first-order valence-electron chi connectivity index (χ1n) is 6.02. The van der Waals surface area contributed by atoms with Crippen molar-refractivity contribution < 1.29 is 9.53 Å². The summed E-state index contributed by atoms with van der Waals surface area (Å²) in [5, 5.41) is 3.08. The lowest BCUT2D eigenvalue weighted by Gasteiger charge is -2.23. The van der Waals surface area contributed by atoms with Crippen LogP contribution < -0.4 is 5.32 Å². The van der Waals surface area contributed by atoms with Crippen LogP contribution in [0.15, 0.2) is 0 Å². The molecular weight excluding hydrogens is 226 g/mol. The van der Waals surface area contributed by atoms with E-state index in [0.29, 0.717) is 18.4 Å². The summed E-state index contributed by atoms with van der Waals surface area (Å²) in [7, 11) is 0. The van der Waals surface area contributed by atoms with Gasteiger partial charge in [0.15, 0.2) is 0 Å². The molecule has 1 heterocycles. The van der Waals surface area contributed by atoms with Gasteiger partial charge in [-0.25, -0.2) is 0 Å². The van der Waals surface area contributed by atoms with Crippen LogP contribution in [-0.2, 0) is 9.53 Å². The minimum atomic E-state index is 0.0200. The molecule has 1 saturated heterocycles. The summed E-state index contributed by atoms with van der Waals surface area (Å²) in [6.45, 7) is 6.77. The highest BCUT2D eigenvalue weighted by Crippen LogP contribution is 2.20. The summed E-state index contributed by atoms with van der Waals surface area (Å²) in [5.41, 5.74) is 0. The van der Waals surface area contributed by atoms with Crippen LogP contribution in [0.25, 0.3) is 0 Å². The van der Waals surface area contributed by atoms with E-state index in [2.05, 4.69) is 19.2 Å². The molecule has 1 amide bonds. The zero-order chi connectivity index (χ0) is 12.1. The minimum absolute atomic E-state index is 0.0200. The van der Waals surface area contributed by atoms with Crippen LogP contribution in [0.3, 0.4) is 0 Å². The van der Waals surface area contributed by atoms with Crippen LogP contribution in [0.1, 0.15) is 33.6 Å². The second-order valence-corrected chi connectivity index (χ2v) is 5.29. The van der Waals surface area contributed by atoms with Gasteiger partial charge >= 0.3 is 0 Å². The molecule has 3 atom stereocenters. The molecule has 0 bridgehead atoms. The van der Waals surface area contributed by atoms with Crippen LogP contribution in [0.4, 0.5) is 0 Å². The predicted molar refractivity (Wildman–Crippen MR) is 65.6 cm³/mol. The molecule has 3 nitrogen and oxygen atoms in total. The van der Waals surface area contributed by atoms with Crippen LogP contribution in [0.2, 0.25) is 0 Å². The number of halogens is 1. The smallest absolute Gasteiger partial charge is 0.225 e. The standard InChI is InChI=1S/C12H22ClNO2/c1-8(2)11(4-5-13)14-12(15)10-6-9(3)16-7-10/h8-11H,4-7H2,1-3H3,(H,14,15). The highest BCUT2D eigenvalue weighted by molar-refractivity contribution is 6.17. The van der Waals surface area contributed by atoms with E-state index in [9.17, 15) is 4.79 Å². The van der Waals surface area contributed by atoms with Crippen molar-refractivity contribution in [1.82, 2.24) is 5.32 Å². The average Bonchev–Trinajstić information content (AvgIpc) is 2.64. The Kier molecular flexibility index (Phi) is 5.56. The van der Waals surface area contributed by atoms with E-state index in [1.165, 1.54) is 0 Å². The van der Waals surface area contributed by atoms with Crippen molar-refractivity contribution >= 4 is 17.5 Å². The fraction of sp³-hybridized carbons (Fsp3) is 0.917. The van der Waals surface area contributed by atoms with Gasteiger partial charge in [0.05, 0.1) is 18.6 Å². The van der Waals surface area contributed by atoms with Crippen molar-refractivity contribution in [3.8, 4) is 0 Å². The van der Waals surface area contributed by atoms with Crippen molar-refractivity contribution in [3.63, 3.8) is 0 Å². The molecule has 1 aliphatic heterocycles. The summed E-state index contributed by atoms with van der Waals surface area (Å²) >= 11 is 5.73. The molecule has 1 fully saturated rings. The molecule has 0 radical (unpaired) electrons. The van der Waals surface area contributed by atoms with Gasteiger partial charge < -0.3 is 10.1 Å². The summed E-state index contributed by atoms with van der Waals surface area (Å²) in [6.07, 6.45) is 1.87. The largest absolute Gasteiger partial charge is 0.378 e. The van der Waals surface area contributed by atoms with Crippen molar-refractivity contribution in [2.24, 2.45) is 11.8 Å². The van der Waals surface area contributed by atoms with Crippen LogP contribution >= 0.6 is 11.6 Å². The van der Waals surface area contributed by atoms with Crippen LogP contribution in [-0.4, -0.2) is 30.5 Å². The molecule has 1 aliphatic rings. The maximum Gasteiger partial charge on any atom is 0.225 e. The molecular formula is C12H22ClNO2. The molecule has 0 aromatic heterocycles. The lowest BCUT2D eigenvalue weighted by Crippen LogP contribution is -2.42. The zero-order valence-corrected chi connectivity index (χ0v) is 11.1. The molecule has 3 unspecified atom stereocenters. The van der Waals surface area contributed by atoms with E-state index in [1.807, 2.05) is 6.92 Å². The molecule has 1 N–H and O–H groups in total. The van der Waals surface area contributed by atoms with Gasteiger partial charge in [-0.3, -0.25) is 4.79 Å². The Hall–Kier alpha value is -0.280. The Bertz CT molecular complexity index is 233. The third-order valence-corrected chi connectivity index (χ3v) is 3.34. The summed E-state index contributed by atoms with van der Waals surface area (Å²) in [5.74, 6) is 1.14. The lowest BCUT2D eigenvalue weighted by atomic mass is 9.99. The Labute approximate surface area is 103 Å². The first-order chi connectivity index (χ1) is 7.54. The molecule has 4 heteroatoms. The number of alkyl halides is 1.